The molecule has 0 amide bonds. The summed E-state index contributed by atoms with van der Waals surface area (Å²) >= 11 is 1.51. The van der Waals surface area contributed by atoms with Gasteiger partial charge in [-0.2, -0.15) is 0 Å². The SMILES string of the molecule is CCOC(=O)C(C)(C)c1csc(NC(C)C)n1. The van der Waals surface area contributed by atoms with Crippen LogP contribution in [0, 0.1) is 0 Å². The first kappa shape index (κ1) is 14.0. The lowest BCUT2D eigenvalue weighted by molar-refractivity contribution is -0.148. The second-order valence-electron chi connectivity index (χ2n) is 4.68. The van der Waals surface area contributed by atoms with E-state index in [1.165, 1.54) is 11.3 Å². The monoisotopic (exact) mass is 256 g/mol. The Bertz CT molecular complexity index is 386. The molecule has 5 heteroatoms. The summed E-state index contributed by atoms with van der Waals surface area (Å²) in [7, 11) is 0. The van der Waals surface area contributed by atoms with E-state index < -0.39 is 5.41 Å². The van der Waals surface area contributed by atoms with Crippen molar-refractivity contribution in [2.45, 2.75) is 46.1 Å². The summed E-state index contributed by atoms with van der Waals surface area (Å²) in [5, 5.41) is 5.97. The van der Waals surface area contributed by atoms with Crippen LogP contribution in [0.5, 0.6) is 0 Å². The molecule has 0 aliphatic carbocycles. The molecular formula is C12H20N2O2S. The normalized spacial score (nSPS) is 11.6. The zero-order valence-corrected chi connectivity index (χ0v) is 11.9. The van der Waals surface area contributed by atoms with Gasteiger partial charge in [-0.15, -0.1) is 11.3 Å². The topological polar surface area (TPSA) is 51.2 Å². The van der Waals surface area contributed by atoms with Gasteiger partial charge in [-0.05, 0) is 34.6 Å². The minimum atomic E-state index is -0.691. The van der Waals surface area contributed by atoms with Gasteiger partial charge < -0.3 is 10.1 Å². The standard InChI is InChI=1S/C12H20N2O2S/c1-6-16-10(15)12(4,5)9-7-17-11(14-9)13-8(2)3/h7-8H,6H2,1-5H3,(H,13,14). The molecule has 1 N–H and O–H groups in total. The number of hydrogen-bond donors (Lipinski definition) is 1. The van der Waals surface area contributed by atoms with Crippen LogP contribution >= 0.6 is 11.3 Å². The summed E-state index contributed by atoms with van der Waals surface area (Å²) in [6.45, 7) is 9.97. The molecule has 1 aromatic heterocycles. The van der Waals surface area contributed by atoms with Crippen molar-refractivity contribution in [3.8, 4) is 0 Å². The molecule has 96 valence electrons. The van der Waals surface area contributed by atoms with E-state index in [1.54, 1.807) is 6.92 Å². The Hall–Kier alpha value is -1.10. The van der Waals surface area contributed by atoms with Gasteiger partial charge in [0.15, 0.2) is 5.13 Å². The lowest BCUT2D eigenvalue weighted by Crippen LogP contribution is -2.31. The highest BCUT2D eigenvalue weighted by Gasteiger charge is 2.33. The molecule has 0 atom stereocenters. The van der Waals surface area contributed by atoms with Crippen molar-refractivity contribution in [1.29, 1.82) is 0 Å². The van der Waals surface area contributed by atoms with Crippen molar-refractivity contribution >= 4 is 22.4 Å². The average Bonchev–Trinajstić information content (AvgIpc) is 2.66. The Kier molecular flexibility index (Phi) is 4.51. The van der Waals surface area contributed by atoms with Crippen LogP contribution in [-0.2, 0) is 14.9 Å². The number of ether oxygens (including phenoxy) is 1. The van der Waals surface area contributed by atoms with Crippen molar-refractivity contribution in [1.82, 2.24) is 4.98 Å². The summed E-state index contributed by atoms with van der Waals surface area (Å²) in [4.78, 5) is 16.3. The second-order valence-corrected chi connectivity index (χ2v) is 5.54. The maximum atomic E-state index is 11.8. The molecule has 4 nitrogen and oxygen atoms in total. The van der Waals surface area contributed by atoms with Crippen LogP contribution in [-0.4, -0.2) is 23.6 Å². The van der Waals surface area contributed by atoms with Crippen molar-refractivity contribution in [2.75, 3.05) is 11.9 Å². The molecule has 0 unspecified atom stereocenters. The molecule has 1 heterocycles. The van der Waals surface area contributed by atoms with Gasteiger partial charge in [0.25, 0.3) is 0 Å². The van der Waals surface area contributed by atoms with Gasteiger partial charge in [-0.1, -0.05) is 0 Å². The van der Waals surface area contributed by atoms with Gasteiger partial charge in [0.1, 0.15) is 5.41 Å². The van der Waals surface area contributed by atoms with E-state index in [1.807, 2.05) is 19.2 Å². The predicted octanol–water partition coefficient (Wildman–Crippen LogP) is 2.80. The van der Waals surface area contributed by atoms with Gasteiger partial charge in [-0.3, -0.25) is 4.79 Å². The Balaban J connectivity index is 2.84. The van der Waals surface area contributed by atoms with E-state index in [4.69, 9.17) is 4.74 Å². The minimum Gasteiger partial charge on any atom is -0.465 e. The van der Waals surface area contributed by atoms with Crippen molar-refractivity contribution in [3.63, 3.8) is 0 Å². The van der Waals surface area contributed by atoms with Crippen LogP contribution in [0.3, 0.4) is 0 Å². The fraction of sp³-hybridized carbons (Fsp3) is 0.667. The summed E-state index contributed by atoms with van der Waals surface area (Å²) in [6, 6.07) is 0.333. The first-order chi connectivity index (χ1) is 7.87. The summed E-state index contributed by atoms with van der Waals surface area (Å²) in [5.74, 6) is -0.235. The highest BCUT2D eigenvalue weighted by Crippen LogP contribution is 2.28. The minimum absolute atomic E-state index is 0.235. The van der Waals surface area contributed by atoms with E-state index in [0.29, 0.717) is 12.6 Å². The summed E-state index contributed by atoms with van der Waals surface area (Å²) in [6.07, 6.45) is 0. The molecular weight excluding hydrogens is 236 g/mol. The lowest BCUT2D eigenvalue weighted by atomic mass is 9.90. The van der Waals surface area contributed by atoms with Gasteiger partial charge in [0.2, 0.25) is 0 Å². The molecule has 1 aromatic rings. The van der Waals surface area contributed by atoms with Crippen LogP contribution < -0.4 is 5.32 Å². The molecule has 0 bridgehead atoms. The molecule has 0 spiro atoms. The Morgan fingerprint density at radius 1 is 1.59 bits per heavy atom. The second kappa shape index (κ2) is 5.49. The number of carbonyl (C=O) groups is 1. The van der Waals surface area contributed by atoms with Gasteiger partial charge in [0, 0.05) is 11.4 Å². The smallest absolute Gasteiger partial charge is 0.317 e. The third-order valence-electron chi connectivity index (χ3n) is 2.34. The molecule has 0 aliphatic heterocycles. The maximum Gasteiger partial charge on any atom is 0.317 e. The molecule has 0 fully saturated rings. The Labute approximate surface area is 106 Å². The number of carbonyl (C=O) groups excluding carboxylic acids is 1. The number of hydrogen-bond acceptors (Lipinski definition) is 5. The van der Waals surface area contributed by atoms with Crippen molar-refractivity contribution in [3.05, 3.63) is 11.1 Å². The highest BCUT2D eigenvalue weighted by atomic mass is 32.1. The molecule has 0 radical (unpaired) electrons. The lowest BCUT2D eigenvalue weighted by Gasteiger charge is -2.19. The van der Waals surface area contributed by atoms with E-state index in [-0.39, 0.29) is 5.97 Å². The quantitative estimate of drug-likeness (QED) is 0.823. The largest absolute Gasteiger partial charge is 0.465 e. The Morgan fingerprint density at radius 2 is 2.24 bits per heavy atom. The Morgan fingerprint density at radius 3 is 2.76 bits per heavy atom. The number of nitrogens with one attached hydrogen (secondary N) is 1. The third-order valence-corrected chi connectivity index (χ3v) is 3.12. The fourth-order valence-electron chi connectivity index (χ4n) is 1.29. The zero-order valence-electron chi connectivity index (χ0n) is 11.0. The van der Waals surface area contributed by atoms with Gasteiger partial charge in [0.05, 0.1) is 12.3 Å². The first-order valence-electron chi connectivity index (χ1n) is 5.77. The van der Waals surface area contributed by atoms with Crippen molar-refractivity contribution < 1.29 is 9.53 Å². The predicted molar refractivity (Wildman–Crippen MR) is 70.5 cm³/mol. The first-order valence-corrected chi connectivity index (χ1v) is 6.65. The van der Waals surface area contributed by atoms with Crippen molar-refractivity contribution in [2.24, 2.45) is 0 Å². The van der Waals surface area contributed by atoms with E-state index in [9.17, 15) is 4.79 Å². The van der Waals surface area contributed by atoms with Crippen LogP contribution in [0.2, 0.25) is 0 Å². The number of nitrogens with zero attached hydrogens (tertiary/aromatic N) is 1. The average molecular weight is 256 g/mol. The van der Waals surface area contributed by atoms with Crippen LogP contribution in [0.15, 0.2) is 5.38 Å². The number of esters is 1. The summed E-state index contributed by atoms with van der Waals surface area (Å²) in [5.41, 5.74) is 0.0627. The molecule has 0 aromatic carbocycles. The number of aromatic nitrogens is 1. The number of thiazole rings is 1. The van der Waals surface area contributed by atoms with E-state index >= 15 is 0 Å². The molecule has 17 heavy (non-hydrogen) atoms. The highest BCUT2D eigenvalue weighted by molar-refractivity contribution is 7.13. The van der Waals surface area contributed by atoms with Crippen LogP contribution in [0.1, 0.15) is 40.3 Å². The van der Waals surface area contributed by atoms with Crippen LogP contribution in [0.25, 0.3) is 0 Å². The molecule has 0 aliphatic rings. The molecule has 1 rings (SSSR count). The molecule has 0 saturated heterocycles. The zero-order chi connectivity index (χ0) is 13.1. The third kappa shape index (κ3) is 3.43. The maximum absolute atomic E-state index is 11.8. The van der Waals surface area contributed by atoms with E-state index in [0.717, 1.165) is 10.8 Å². The summed E-state index contributed by atoms with van der Waals surface area (Å²) < 4.78 is 5.06. The molecule has 0 saturated carbocycles. The fourth-order valence-corrected chi connectivity index (χ4v) is 2.32. The number of anilines is 1. The van der Waals surface area contributed by atoms with Crippen LogP contribution in [0.4, 0.5) is 5.13 Å². The van der Waals surface area contributed by atoms with Gasteiger partial charge >= 0.3 is 5.97 Å². The van der Waals surface area contributed by atoms with Gasteiger partial charge in [-0.25, -0.2) is 4.98 Å². The number of rotatable bonds is 5. The van der Waals surface area contributed by atoms with E-state index in [2.05, 4.69) is 24.1 Å².